The van der Waals surface area contributed by atoms with Crippen LogP contribution in [0.3, 0.4) is 0 Å². The first-order valence-corrected chi connectivity index (χ1v) is 14.3. The minimum atomic E-state index is -0.991. The molecule has 11 nitrogen and oxygen atoms in total. The fraction of sp³-hybridized carbons (Fsp3) is 0.655. The number of imide groups is 1. The number of nitrogens with zero attached hydrogens (tertiary/aromatic N) is 3. The maximum atomic E-state index is 13.6. The summed E-state index contributed by atoms with van der Waals surface area (Å²) in [7, 11) is 1.52. The molecule has 220 valence electrons. The predicted octanol–water partition coefficient (Wildman–Crippen LogP) is 2.86. The Morgan fingerprint density at radius 3 is 2.35 bits per heavy atom. The standard InChI is InChI=1S/C29H41N3O8/c1-4-6-11-30(12-7-5-2)26(35)17-31-16-20(19-14-22(38-3)28-23(15-19)39-18-40-28)27(29(36)37)21(31)10-13-32-24(33)8-9-25(32)34/h14-15,20-21,27H,4-13,16-18H2,1-3H3,(H,36,37). The van der Waals surface area contributed by atoms with Crippen molar-refractivity contribution in [3.8, 4) is 17.2 Å². The van der Waals surface area contributed by atoms with Crippen LogP contribution in [0.1, 0.15) is 70.3 Å². The number of benzene rings is 1. The molecule has 0 aromatic heterocycles. The van der Waals surface area contributed by atoms with Crippen LogP contribution in [0.15, 0.2) is 12.1 Å². The Labute approximate surface area is 235 Å². The van der Waals surface area contributed by atoms with E-state index in [0.717, 1.165) is 31.2 Å². The Bertz CT molecular complexity index is 1080. The number of carboxylic acids is 1. The van der Waals surface area contributed by atoms with E-state index in [-0.39, 0.29) is 56.9 Å². The van der Waals surface area contributed by atoms with Crippen molar-refractivity contribution in [3.63, 3.8) is 0 Å². The van der Waals surface area contributed by atoms with E-state index in [0.29, 0.717) is 36.9 Å². The molecule has 3 heterocycles. The molecule has 40 heavy (non-hydrogen) atoms. The van der Waals surface area contributed by atoms with Crippen molar-refractivity contribution in [2.45, 2.75) is 70.8 Å². The molecule has 1 aromatic rings. The van der Waals surface area contributed by atoms with E-state index in [9.17, 15) is 24.3 Å². The minimum absolute atomic E-state index is 0.0340. The summed E-state index contributed by atoms with van der Waals surface area (Å²) in [5.74, 6) is -1.41. The zero-order valence-electron chi connectivity index (χ0n) is 23.7. The molecule has 4 rings (SSSR count). The maximum Gasteiger partial charge on any atom is 0.308 e. The first-order chi connectivity index (χ1) is 19.3. The lowest BCUT2D eigenvalue weighted by Gasteiger charge is -2.30. The molecule has 3 atom stereocenters. The van der Waals surface area contributed by atoms with E-state index in [1.54, 1.807) is 12.1 Å². The zero-order chi connectivity index (χ0) is 28.8. The maximum absolute atomic E-state index is 13.6. The number of carboxylic acid groups (broad SMARTS) is 1. The molecule has 3 aliphatic heterocycles. The molecule has 3 unspecified atom stereocenters. The van der Waals surface area contributed by atoms with Gasteiger partial charge in [0.1, 0.15) is 0 Å². The average Bonchev–Trinajstić information content (AvgIpc) is 3.64. The second-order valence-electron chi connectivity index (χ2n) is 10.7. The van der Waals surface area contributed by atoms with Crippen molar-refractivity contribution in [1.82, 2.24) is 14.7 Å². The van der Waals surface area contributed by atoms with Crippen LogP contribution in [0, 0.1) is 5.92 Å². The summed E-state index contributed by atoms with van der Waals surface area (Å²) in [6.07, 6.45) is 4.36. The summed E-state index contributed by atoms with van der Waals surface area (Å²) in [5.41, 5.74) is 0.718. The third-order valence-electron chi connectivity index (χ3n) is 8.20. The quantitative estimate of drug-likeness (QED) is 0.343. The number of aliphatic carboxylic acids is 1. The molecule has 0 bridgehead atoms. The molecule has 0 aliphatic carbocycles. The number of rotatable bonds is 14. The normalized spacial score (nSPS) is 22.3. The Morgan fingerprint density at radius 1 is 1.07 bits per heavy atom. The number of carbonyl (C=O) groups excluding carboxylic acids is 3. The van der Waals surface area contributed by atoms with Gasteiger partial charge < -0.3 is 24.2 Å². The van der Waals surface area contributed by atoms with Crippen molar-refractivity contribution in [2.75, 3.05) is 46.6 Å². The highest BCUT2D eigenvalue weighted by Gasteiger charge is 2.48. The Morgan fingerprint density at radius 2 is 1.75 bits per heavy atom. The molecule has 2 fully saturated rings. The number of fused-ring (bicyclic) bond motifs is 1. The van der Waals surface area contributed by atoms with Gasteiger partial charge in [0.2, 0.25) is 30.3 Å². The molecule has 11 heteroatoms. The smallest absolute Gasteiger partial charge is 0.308 e. The van der Waals surface area contributed by atoms with E-state index < -0.39 is 23.8 Å². The molecule has 0 radical (unpaired) electrons. The van der Waals surface area contributed by atoms with E-state index in [4.69, 9.17) is 14.2 Å². The number of ether oxygens (including phenoxy) is 3. The van der Waals surface area contributed by atoms with Crippen LogP contribution >= 0.6 is 0 Å². The first-order valence-electron chi connectivity index (χ1n) is 14.3. The van der Waals surface area contributed by atoms with Crippen LogP contribution in [0.2, 0.25) is 0 Å². The molecule has 1 aromatic carbocycles. The van der Waals surface area contributed by atoms with Gasteiger partial charge in [-0.3, -0.25) is 29.0 Å². The summed E-state index contributed by atoms with van der Waals surface area (Å²) in [6.45, 7) is 6.07. The number of methoxy groups -OCH3 is 1. The second kappa shape index (κ2) is 13.3. The van der Waals surface area contributed by atoms with Crippen LogP contribution in [0.5, 0.6) is 17.2 Å². The molecule has 1 N–H and O–H groups in total. The monoisotopic (exact) mass is 559 g/mol. The van der Waals surface area contributed by atoms with Crippen LogP contribution in [0.4, 0.5) is 0 Å². The van der Waals surface area contributed by atoms with Crippen LogP contribution in [-0.4, -0.2) is 96.2 Å². The molecule has 0 saturated carbocycles. The number of amides is 3. The molecular formula is C29H41N3O8. The fourth-order valence-corrected chi connectivity index (χ4v) is 6.02. The largest absolute Gasteiger partial charge is 0.493 e. The van der Waals surface area contributed by atoms with Crippen LogP contribution in [0.25, 0.3) is 0 Å². The molecule has 0 spiro atoms. The summed E-state index contributed by atoms with van der Waals surface area (Å²) in [4.78, 5) is 56.0. The summed E-state index contributed by atoms with van der Waals surface area (Å²) in [5, 5.41) is 10.5. The highest BCUT2D eigenvalue weighted by molar-refractivity contribution is 6.01. The second-order valence-corrected chi connectivity index (χ2v) is 10.7. The molecule has 3 amide bonds. The number of unbranched alkanes of at least 4 members (excludes halogenated alkanes) is 2. The van der Waals surface area contributed by atoms with Gasteiger partial charge in [-0.1, -0.05) is 26.7 Å². The number of likely N-dealkylation sites (tertiary alicyclic amines) is 2. The van der Waals surface area contributed by atoms with E-state index in [1.807, 2.05) is 9.80 Å². The first kappa shape index (κ1) is 29.6. The Hall–Kier alpha value is -3.34. The highest BCUT2D eigenvalue weighted by atomic mass is 16.7. The number of hydrogen-bond acceptors (Lipinski definition) is 8. The third-order valence-corrected chi connectivity index (χ3v) is 8.20. The van der Waals surface area contributed by atoms with Crippen molar-refractivity contribution >= 4 is 23.7 Å². The highest BCUT2D eigenvalue weighted by Crippen LogP contribution is 2.47. The van der Waals surface area contributed by atoms with Crippen molar-refractivity contribution in [3.05, 3.63) is 17.7 Å². The van der Waals surface area contributed by atoms with Crippen molar-refractivity contribution in [2.24, 2.45) is 5.92 Å². The van der Waals surface area contributed by atoms with Crippen molar-refractivity contribution in [1.29, 1.82) is 0 Å². The summed E-state index contributed by atoms with van der Waals surface area (Å²) >= 11 is 0. The zero-order valence-corrected chi connectivity index (χ0v) is 23.7. The van der Waals surface area contributed by atoms with Gasteiger partial charge in [-0.2, -0.15) is 0 Å². The van der Waals surface area contributed by atoms with Gasteiger partial charge in [0.05, 0.1) is 19.6 Å². The summed E-state index contributed by atoms with van der Waals surface area (Å²) < 4.78 is 16.6. The lowest BCUT2D eigenvalue weighted by molar-refractivity contribution is -0.144. The van der Waals surface area contributed by atoms with E-state index >= 15 is 0 Å². The van der Waals surface area contributed by atoms with Gasteiger partial charge in [0.25, 0.3) is 0 Å². The predicted molar refractivity (Wildman–Crippen MR) is 145 cm³/mol. The molecule has 2 saturated heterocycles. The SMILES string of the molecule is CCCCN(CCCC)C(=O)CN1CC(c2cc(OC)c3c(c2)OCO3)C(C(=O)O)C1CCN1C(=O)CCC1=O. The molecular weight excluding hydrogens is 518 g/mol. The Balaban J connectivity index is 1.63. The van der Waals surface area contributed by atoms with Gasteiger partial charge in [-0.15, -0.1) is 0 Å². The topological polar surface area (TPSA) is 126 Å². The lowest BCUT2D eigenvalue weighted by Crippen LogP contribution is -2.46. The van der Waals surface area contributed by atoms with Crippen molar-refractivity contribution < 1.29 is 38.5 Å². The molecule has 3 aliphatic rings. The third kappa shape index (κ3) is 6.35. The summed E-state index contributed by atoms with van der Waals surface area (Å²) in [6, 6.07) is 3.01. The van der Waals surface area contributed by atoms with Gasteiger partial charge in [0.15, 0.2) is 11.5 Å². The fourth-order valence-electron chi connectivity index (χ4n) is 6.02. The number of carbonyl (C=O) groups is 4. The average molecular weight is 560 g/mol. The van der Waals surface area contributed by atoms with Gasteiger partial charge in [-0.05, 0) is 37.0 Å². The van der Waals surface area contributed by atoms with E-state index in [1.165, 1.54) is 12.0 Å². The van der Waals surface area contributed by atoms with E-state index in [2.05, 4.69) is 13.8 Å². The van der Waals surface area contributed by atoms with Gasteiger partial charge in [-0.25, -0.2) is 0 Å². The van der Waals surface area contributed by atoms with Crippen LogP contribution < -0.4 is 14.2 Å². The van der Waals surface area contributed by atoms with Gasteiger partial charge in [0, 0.05) is 51.0 Å². The van der Waals surface area contributed by atoms with Crippen LogP contribution in [-0.2, 0) is 19.2 Å². The number of hydrogen-bond donors (Lipinski definition) is 1. The lowest BCUT2D eigenvalue weighted by atomic mass is 9.84. The van der Waals surface area contributed by atoms with Gasteiger partial charge >= 0.3 is 5.97 Å². The Kier molecular flexibility index (Phi) is 9.89. The minimum Gasteiger partial charge on any atom is -0.493 e.